The van der Waals surface area contributed by atoms with Crippen LogP contribution in [0.5, 0.6) is 0 Å². The third kappa shape index (κ3) is 3.43. The van der Waals surface area contributed by atoms with Crippen molar-refractivity contribution < 1.29 is 4.79 Å². The fourth-order valence-electron chi connectivity index (χ4n) is 3.33. The molecule has 122 valence electrons. The summed E-state index contributed by atoms with van der Waals surface area (Å²) in [5.74, 6) is 0.412. The molecule has 3 rings (SSSR count). The number of aromatic nitrogens is 2. The van der Waals surface area contributed by atoms with Gasteiger partial charge in [0.15, 0.2) is 0 Å². The molecule has 0 spiro atoms. The molecule has 6 heteroatoms. The number of likely N-dealkylation sites (tertiary alicyclic amines) is 1. The predicted molar refractivity (Wildman–Crippen MR) is 91.5 cm³/mol. The van der Waals surface area contributed by atoms with E-state index < -0.39 is 0 Å². The molecular weight excluding hydrogens is 308 g/mol. The molecule has 23 heavy (non-hydrogen) atoms. The molecule has 0 aromatic carbocycles. The summed E-state index contributed by atoms with van der Waals surface area (Å²) >= 11 is 1.42. The maximum Gasteiger partial charge on any atom is 0.263 e. The smallest absolute Gasteiger partial charge is 0.263 e. The van der Waals surface area contributed by atoms with Gasteiger partial charge in [-0.25, -0.2) is 4.98 Å². The van der Waals surface area contributed by atoms with Gasteiger partial charge in [0.2, 0.25) is 0 Å². The minimum Gasteiger partial charge on any atom is -0.351 e. The lowest BCUT2D eigenvalue weighted by Crippen LogP contribution is -2.32. The Labute approximate surface area is 140 Å². The lowest BCUT2D eigenvalue weighted by Gasteiger charge is -2.25. The standard InChI is InChI=1S/C17H22N4OS/c1-3-14-16(23-11-20-14)17(22)19-10-13-6-8-21(2)15(13)12-5-4-7-18-9-12/h4-5,7,9,11,13,15H,3,6,8,10H2,1-2H3,(H,19,22)/t13-,15-/m0/s1. The first kappa shape index (κ1) is 16.1. The average Bonchev–Trinajstić information content (AvgIpc) is 3.19. The highest BCUT2D eigenvalue weighted by molar-refractivity contribution is 7.11. The van der Waals surface area contributed by atoms with Gasteiger partial charge >= 0.3 is 0 Å². The molecule has 1 saturated heterocycles. The normalized spacial score (nSPS) is 21.5. The van der Waals surface area contributed by atoms with Crippen molar-refractivity contribution in [3.63, 3.8) is 0 Å². The lowest BCUT2D eigenvalue weighted by atomic mass is 9.95. The Morgan fingerprint density at radius 1 is 1.52 bits per heavy atom. The molecule has 5 nitrogen and oxygen atoms in total. The molecule has 0 bridgehead atoms. The summed E-state index contributed by atoms with van der Waals surface area (Å²) in [5, 5.41) is 3.11. The second-order valence-corrected chi connectivity index (χ2v) is 6.81. The van der Waals surface area contributed by atoms with Gasteiger partial charge in [0.1, 0.15) is 4.88 Å². The molecule has 0 saturated carbocycles. The zero-order valence-corrected chi connectivity index (χ0v) is 14.3. The molecule has 3 heterocycles. The van der Waals surface area contributed by atoms with E-state index in [4.69, 9.17) is 0 Å². The van der Waals surface area contributed by atoms with E-state index >= 15 is 0 Å². The molecular formula is C17H22N4OS. The van der Waals surface area contributed by atoms with E-state index in [1.807, 2.05) is 19.2 Å². The zero-order chi connectivity index (χ0) is 16.2. The highest BCUT2D eigenvalue weighted by Gasteiger charge is 2.33. The first-order chi connectivity index (χ1) is 11.2. The topological polar surface area (TPSA) is 58.1 Å². The van der Waals surface area contributed by atoms with Gasteiger partial charge in [-0.3, -0.25) is 14.7 Å². The Morgan fingerprint density at radius 2 is 2.39 bits per heavy atom. The molecule has 1 N–H and O–H groups in total. The molecule has 1 amide bonds. The second kappa shape index (κ2) is 7.19. The molecule has 2 aromatic heterocycles. The van der Waals surface area contributed by atoms with E-state index in [2.05, 4.69) is 33.3 Å². The number of hydrogen-bond acceptors (Lipinski definition) is 5. The molecule has 0 unspecified atom stereocenters. The van der Waals surface area contributed by atoms with Crippen LogP contribution in [0.15, 0.2) is 30.0 Å². The van der Waals surface area contributed by atoms with Crippen LogP contribution < -0.4 is 5.32 Å². The van der Waals surface area contributed by atoms with E-state index in [1.165, 1.54) is 16.9 Å². The number of thiazole rings is 1. The number of pyridine rings is 1. The van der Waals surface area contributed by atoms with Crippen LogP contribution >= 0.6 is 11.3 Å². The third-order valence-electron chi connectivity index (χ3n) is 4.51. The SMILES string of the molecule is CCc1ncsc1C(=O)NC[C@@H]1CCN(C)[C@H]1c1cccnc1. The first-order valence-corrected chi connectivity index (χ1v) is 8.89. The summed E-state index contributed by atoms with van der Waals surface area (Å²) in [5.41, 5.74) is 3.86. The minimum atomic E-state index is 0.00356. The van der Waals surface area contributed by atoms with Crippen LogP contribution in [0.4, 0.5) is 0 Å². The van der Waals surface area contributed by atoms with E-state index in [-0.39, 0.29) is 5.91 Å². The van der Waals surface area contributed by atoms with Gasteiger partial charge in [0, 0.05) is 25.0 Å². The second-order valence-electron chi connectivity index (χ2n) is 5.95. The van der Waals surface area contributed by atoms with Crippen molar-refractivity contribution in [3.05, 3.63) is 46.2 Å². The van der Waals surface area contributed by atoms with Crippen LogP contribution in [0, 0.1) is 5.92 Å². The van der Waals surface area contributed by atoms with Gasteiger partial charge in [0.05, 0.1) is 11.2 Å². The number of aryl methyl sites for hydroxylation is 1. The number of carbonyl (C=O) groups is 1. The average molecular weight is 330 g/mol. The van der Waals surface area contributed by atoms with Crippen LogP contribution in [0.2, 0.25) is 0 Å². The van der Waals surface area contributed by atoms with Crippen LogP contribution in [-0.4, -0.2) is 40.9 Å². The van der Waals surface area contributed by atoms with Crippen molar-refractivity contribution in [2.24, 2.45) is 5.92 Å². The molecule has 1 aliphatic heterocycles. The molecule has 1 fully saturated rings. The van der Waals surface area contributed by atoms with Gasteiger partial charge < -0.3 is 5.32 Å². The molecule has 0 aliphatic carbocycles. The van der Waals surface area contributed by atoms with Crippen molar-refractivity contribution in [3.8, 4) is 0 Å². The fraction of sp³-hybridized carbons (Fsp3) is 0.471. The monoisotopic (exact) mass is 330 g/mol. The maximum atomic E-state index is 12.4. The van der Waals surface area contributed by atoms with Gasteiger partial charge in [-0.2, -0.15) is 0 Å². The predicted octanol–water partition coefficient (Wildman–Crippen LogP) is 2.52. The number of carbonyl (C=O) groups excluding carboxylic acids is 1. The van der Waals surface area contributed by atoms with Crippen LogP contribution in [0.3, 0.4) is 0 Å². The summed E-state index contributed by atoms with van der Waals surface area (Å²) in [6.45, 7) is 3.75. The summed E-state index contributed by atoms with van der Waals surface area (Å²) < 4.78 is 0. The Hall–Kier alpha value is -1.79. The van der Waals surface area contributed by atoms with Gasteiger partial charge in [-0.05, 0) is 44.0 Å². The van der Waals surface area contributed by atoms with Crippen LogP contribution in [0.25, 0.3) is 0 Å². The molecule has 2 aromatic rings. The molecule has 0 radical (unpaired) electrons. The van der Waals surface area contributed by atoms with E-state index in [0.29, 0.717) is 18.5 Å². The maximum absolute atomic E-state index is 12.4. The quantitative estimate of drug-likeness (QED) is 0.915. The summed E-state index contributed by atoms with van der Waals surface area (Å²) in [6, 6.07) is 4.41. The van der Waals surface area contributed by atoms with Crippen molar-refractivity contribution in [1.29, 1.82) is 0 Å². The van der Waals surface area contributed by atoms with E-state index in [9.17, 15) is 4.79 Å². The molecule has 2 atom stereocenters. The first-order valence-electron chi connectivity index (χ1n) is 8.01. The van der Waals surface area contributed by atoms with Crippen molar-refractivity contribution >= 4 is 17.2 Å². The van der Waals surface area contributed by atoms with Gasteiger partial charge in [-0.1, -0.05) is 13.0 Å². The highest BCUT2D eigenvalue weighted by atomic mass is 32.1. The molecule has 1 aliphatic rings. The fourth-order valence-corrected chi connectivity index (χ4v) is 4.13. The summed E-state index contributed by atoms with van der Waals surface area (Å²) in [6.07, 6.45) is 5.60. The summed E-state index contributed by atoms with van der Waals surface area (Å²) in [4.78, 5) is 24.0. The van der Waals surface area contributed by atoms with Crippen molar-refractivity contribution in [1.82, 2.24) is 20.2 Å². The van der Waals surface area contributed by atoms with E-state index in [0.717, 1.165) is 30.0 Å². The van der Waals surface area contributed by atoms with Crippen molar-refractivity contribution in [2.75, 3.05) is 20.1 Å². The number of hydrogen-bond donors (Lipinski definition) is 1. The van der Waals surface area contributed by atoms with Crippen LogP contribution in [0.1, 0.15) is 40.3 Å². The summed E-state index contributed by atoms with van der Waals surface area (Å²) in [7, 11) is 2.14. The highest BCUT2D eigenvalue weighted by Crippen LogP contribution is 2.35. The van der Waals surface area contributed by atoms with Gasteiger partial charge in [-0.15, -0.1) is 11.3 Å². The Bertz CT molecular complexity index is 658. The number of nitrogens with zero attached hydrogens (tertiary/aromatic N) is 3. The number of nitrogens with one attached hydrogen (secondary N) is 1. The van der Waals surface area contributed by atoms with Gasteiger partial charge in [0.25, 0.3) is 5.91 Å². The Balaban J connectivity index is 1.66. The lowest BCUT2D eigenvalue weighted by molar-refractivity contribution is 0.0946. The minimum absolute atomic E-state index is 0.00356. The van der Waals surface area contributed by atoms with E-state index in [1.54, 1.807) is 11.7 Å². The third-order valence-corrected chi connectivity index (χ3v) is 5.37. The largest absolute Gasteiger partial charge is 0.351 e. The zero-order valence-electron chi connectivity index (χ0n) is 13.5. The Kier molecular flexibility index (Phi) is 5.03. The number of rotatable bonds is 5. The Morgan fingerprint density at radius 3 is 3.13 bits per heavy atom. The van der Waals surface area contributed by atoms with Crippen molar-refractivity contribution in [2.45, 2.75) is 25.8 Å². The van der Waals surface area contributed by atoms with Crippen LogP contribution in [-0.2, 0) is 6.42 Å². The number of amides is 1.